The molecule has 2 aromatic rings. The molecule has 2 aromatic carbocycles. The van der Waals surface area contributed by atoms with E-state index in [9.17, 15) is 13.2 Å². The Labute approximate surface area is 127 Å². The number of anilines is 1. The van der Waals surface area contributed by atoms with Crippen molar-refractivity contribution in [2.75, 3.05) is 11.1 Å². The first kappa shape index (κ1) is 14.1. The lowest BCUT2D eigenvalue weighted by Crippen LogP contribution is -2.23. The second-order valence-electron chi connectivity index (χ2n) is 4.88. The highest BCUT2D eigenvalue weighted by Gasteiger charge is 2.36. The Morgan fingerprint density at radius 3 is 2.52 bits per heavy atom. The van der Waals surface area contributed by atoms with Crippen molar-refractivity contribution in [3.8, 4) is 0 Å². The van der Waals surface area contributed by atoms with Gasteiger partial charge in [-0.25, -0.2) is 8.42 Å². The summed E-state index contributed by atoms with van der Waals surface area (Å²) in [6, 6.07) is 13.7. The summed E-state index contributed by atoms with van der Waals surface area (Å²) in [6.07, 6.45) is 0. The monoisotopic (exact) mass is 321 g/mol. The first-order chi connectivity index (χ1) is 9.97. The van der Waals surface area contributed by atoms with Gasteiger partial charge in [0.05, 0.1) is 0 Å². The molecule has 1 N–H and O–H groups in total. The zero-order valence-corrected chi connectivity index (χ0v) is 12.5. The smallest absolute Gasteiger partial charge is 0.239 e. The summed E-state index contributed by atoms with van der Waals surface area (Å²) in [7, 11) is -3.66. The van der Waals surface area contributed by atoms with Crippen molar-refractivity contribution in [1.29, 1.82) is 0 Å². The van der Waals surface area contributed by atoms with E-state index in [0.717, 1.165) is 0 Å². The summed E-state index contributed by atoms with van der Waals surface area (Å²) in [5.74, 6) is -1.07. The molecule has 1 atom stereocenters. The van der Waals surface area contributed by atoms with Crippen LogP contribution in [0, 0.1) is 0 Å². The van der Waals surface area contributed by atoms with Gasteiger partial charge in [0, 0.05) is 10.7 Å². The van der Waals surface area contributed by atoms with Crippen LogP contribution in [0.2, 0.25) is 5.02 Å². The van der Waals surface area contributed by atoms with Crippen molar-refractivity contribution in [3.63, 3.8) is 0 Å². The molecule has 6 heteroatoms. The molecular formula is C15H12ClNO3S. The molecule has 0 fully saturated rings. The van der Waals surface area contributed by atoms with Crippen LogP contribution in [0.4, 0.5) is 5.69 Å². The van der Waals surface area contributed by atoms with E-state index in [4.69, 9.17) is 11.6 Å². The van der Waals surface area contributed by atoms with Crippen LogP contribution < -0.4 is 5.32 Å². The molecule has 0 bridgehead atoms. The van der Waals surface area contributed by atoms with Crippen LogP contribution in [0.25, 0.3) is 0 Å². The molecule has 4 nitrogen and oxygen atoms in total. The van der Waals surface area contributed by atoms with Gasteiger partial charge in [0.2, 0.25) is 5.91 Å². The molecule has 108 valence electrons. The predicted octanol–water partition coefficient (Wildman–Crippen LogP) is 2.80. The van der Waals surface area contributed by atoms with E-state index >= 15 is 0 Å². The van der Waals surface area contributed by atoms with E-state index in [-0.39, 0.29) is 0 Å². The number of carbonyl (C=O) groups excluding carboxylic acids is 1. The number of halogens is 1. The average Bonchev–Trinajstić information content (AvgIpc) is 2.51. The standard InChI is InChI=1S/C15H12ClNO3S/c16-11-6-7-13-12(8-11)15(10-4-2-1-3-5-10)21(19,20)9-14(18)17-13/h1-8,15H,9H2,(H,17,18)/t15-/m0/s1. The molecule has 1 aliphatic heterocycles. The maximum atomic E-state index is 12.6. The summed E-state index contributed by atoms with van der Waals surface area (Å²) in [6.45, 7) is 0. The first-order valence-corrected chi connectivity index (χ1v) is 8.42. The number of hydrogen-bond donors (Lipinski definition) is 1. The van der Waals surface area contributed by atoms with Gasteiger partial charge in [-0.05, 0) is 29.3 Å². The number of sulfone groups is 1. The Kier molecular flexibility index (Phi) is 3.47. The van der Waals surface area contributed by atoms with Gasteiger partial charge in [-0.15, -0.1) is 0 Å². The highest BCUT2D eigenvalue weighted by Crippen LogP contribution is 2.38. The number of hydrogen-bond acceptors (Lipinski definition) is 3. The Balaban J connectivity index is 2.29. The van der Waals surface area contributed by atoms with Gasteiger partial charge in [0.25, 0.3) is 0 Å². The third-order valence-electron chi connectivity index (χ3n) is 3.36. The molecule has 0 aromatic heterocycles. The van der Waals surface area contributed by atoms with E-state index in [1.165, 1.54) is 0 Å². The van der Waals surface area contributed by atoms with Gasteiger partial charge in [0.15, 0.2) is 9.84 Å². The van der Waals surface area contributed by atoms with Crippen LogP contribution in [0.15, 0.2) is 48.5 Å². The molecule has 0 saturated carbocycles. The van der Waals surface area contributed by atoms with Crippen LogP contribution in [0.5, 0.6) is 0 Å². The lowest BCUT2D eigenvalue weighted by molar-refractivity contribution is -0.113. The SMILES string of the molecule is O=C1CS(=O)(=O)[C@@H](c2ccccc2)c2cc(Cl)ccc2N1. The van der Waals surface area contributed by atoms with Crippen LogP contribution >= 0.6 is 11.6 Å². The van der Waals surface area contributed by atoms with Crippen LogP contribution in [-0.4, -0.2) is 20.1 Å². The van der Waals surface area contributed by atoms with E-state index in [1.54, 1.807) is 42.5 Å². The van der Waals surface area contributed by atoms with Gasteiger partial charge in [-0.3, -0.25) is 4.79 Å². The summed E-state index contributed by atoms with van der Waals surface area (Å²) < 4.78 is 25.2. The number of benzene rings is 2. The van der Waals surface area contributed by atoms with Gasteiger partial charge >= 0.3 is 0 Å². The summed E-state index contributed by atoms with van der Waals surface area (Å²) >= 11 is 6.00. The lowest BCUT2D eigenvalue weighted by Gasteiger charge is -2.17. The van der Waals surface area contributed by atoms with E-state index < -0.39 is 26.7 Å². The molecule has 1 aliphatic rings. The molecule has 1 heterocycles. The molecule has 1 amide bonds. The first-order valence-electron chi connectivity index (χ1n) is 6.33. The minimum atomic E-state index is -3.66. The molecule has 0 saturated heterocycles. The third kappa shape index (κ3) is 2.66. The Hall–Kier alpha value is -1.85. The Morgan fingerprint density at radius 2 is 1.81 bits per heavy atom. The van der Waals surface area contributed by atoms with Crippen molar-refractivity contribution in [1.82, 2.24) is 0 Å². The molecule has 0 radical (unpaired) electrons. The summed E-state index contributed by atoms with van der Waals surface area (Å²) in [5.41, 5.74) is 1.61. The van der Waals surface area contributed by atoms with Crippen LogP contribution in [-0.2, 0) is 14.6 Å². The van der Waals surface area contributed by atoms with Gasteiger partial charge in [0.1, 0.15) is 11.0 Å². The van der Waals surface area contributed by atoms with Crippen molar-refractivity contribution in [3.05, 3.63) is 64.7 Å². The minimum absolute atomic E-state index is 0.432. The van der Waals surface area contributed by atoms with Crippen LogP contribution in [0.3, 0.4) is 0 Å². The normalized spacial score (nSPS) is 20.2. The predicted molar refractivity (Wildman–Crippen MR) is 82.2 cm³/mol. The Bertz CT molecular complexity index is 803. The zero-order chi connectivity index (χ0) is 15.0. The second kappa shape index (κ2) is 5.16. The molecule has 21 heavy (non-hydrogen) atoms. The maximum Gasteiger partial charge on any atom is 0.239 e. The number of rotatable bonds is 1. The second-order valence-corrected chi connectivity index (χ2v) is 7.40. The quantitative estimate of drug-likeness (QED) is 0.878. The van der Waals surface area contributed by atoms with Crippen molar-refractivity contribution in [2.24, 2.45) is 0 Å². The zero-order valence-electron chi connectivity index (χ0n) is 10.9. The van der Waals surface area contributed by atoms with E-state index in [1.807, 2.05) is 6.07 Å². The van der Waals surface area contributed by atoms with E-state index in [0.29, 0.717) is 21.8 Å². The fourth-order valence-electron chi connectivity index (χ4n) is 2.52. The minimum Gasteiger partial charge on any atom is -0.325 e. The highest BCUT2D eigenvalue weighted by atomic mass is 35.5. The van der Waals surface area contributed by atoms with Crippen molar-refractivity contribution >= 4 is 33.0 Å². The Morgan fingerprint density at radius 1 is 1.10 bits per heavy atom. The molecule has 0 spiro atoms. The molecule has 0 aliphatic carbocycles. The number of amides is 1. The van der Waals surface area contributed by atoms with Gasteiger partial charge in [-0.2, -0.15) is 0 Å². The number of nitrogens with one attached hydrogen (secondary N) is 1. The largest absolute Gasteiger partial charge is 0.325 e. The lowest BCUT2D eigenvalue weighted by atomic mass is 10.0. The topological polar surface area (TPSA) is 63.2 Å². The molecule has 3 rings (SSSR count). The number of carbonyl (C=O) groups is 1. The summed E-state index contributed by atoms with van der Waals surface area (Å²) in [5, 5.41) is 2.16. The fraction of sp³-hybridized carbons (Fsp3) is 0.133. The van der Waals surface area contributed by atoms with E-state index in [2.05, 4.69) is 5.32 Å². The summed E-state index contributed by atoms with van der Waals surface area (Å²) in [4.78, 5) is 11.8. The van der Waals surface area contributed by atoms with Crippen molar-refractivity contribution in [2.45, 2.75) is 5.25 Å². The van der Waals surface area contributed by atoms with Gasteiger partial charge < -0.3 is 5.32 Å². The fourth-order valence-corrected chi connectivity index (χ4v) is 4.46. The van der Waals surface area contributed by atoms with Gasteiger partial charge in [-0.1, -0.05) is 41.9 Å². The average molecular weight is 322 g/mol. The third-order valence-corrected chi connectivity index (χ3v) is 5.51. The molecule has 0 unspecified atom stereocenters. The van der Waals surface area contributed by atoms with Crippen molar-refractivity contribution < 1.29 is 13.2 Å². The number of fused-ring (bicyclic) bond motifs is 1. The maximum absolute atomic E-state index is 12.6. The van der Waals surface area contributed by atoms with Crippen LogP contribution in [0.1, 0.15) is 16.4 Å². The highest BCUT2D eigenvalue weighted by molar-refractivity contribution is 7.92. The molecular weight excluding hydrogens is 310 g/mol.